The zero-order chi connectivity index (χ0) is 14.4. The minimum absolute atomic E-state index is 0.0372. The van der Waals surface area contributed by atoms with Crippen LogP contribution in [0.1, 0.15) is 27.2 Å². The van der Waals surface area contributed by atoms with Gasteiger partial charge in [0.05, 0.1) is 4.92 Å². The first-order chi connectivity index (χ1) is 9.04. The van der Waals surface area contributed by atoms with E-state index in [2.05, 4.69) is 19.3 Å². The molecule has 0 bridgehead atoms. The fraction of sp³-hybridized carbons (Fsp3) is 0.538. The first kappa shape index (κ1) is 15.2. The molecule has 0 saturated heterocycles. The summed E-state index contributed by atoms with van der Waals surface area (Å²) >= 11 is 0. The lowest BCUT2D eigenvalue weighted by atomic mass is 10.1. The molecule has 3 N–H and O–H groups in total. The van der Waals surface area contributed by atoms with Crippen molar-refractivity contribution in [3.8, 4) is 0 Å². The molecule has 1 rings (SSSR count). The number of nitrogens with two attached hydrogens (primary N) is 1. The minimum Gasteiger partial charge on any atom is -0.366 e. The van der Waals surface area contributed by atoms with Crippen LogP contribution in [0.15, 0.2) is 18.2 Å². The summed E-state index contributed by atoms with van der Waals surface area (Å²) in [6.45, 7) is 7.76. The fourth-order valence-electron chi connectivity index (χ4n) is 2.00. The molecule has 0 spiro atoms. The van der Waals surface area contributed by atoms with Gasteiger partial charge in [-0.2, -0.15) is 0 Å². The number of nitrogens with one attached hydrogen (secondary N) is 1. The summed E-state index contributed by atoms with van der Waals surface area (Å²) < 4.78 is 0. The molecule has 1 aromatic carbocycles. The Morgan fingerprint density at radius 1 is 1.47 bits per heavy atom. The maximum absolute atomic E-state index is 11.3. The SMILES string of the molecule is CCC(C)CN(CC)c1cccc(NN)c1[N+](=O)[O-]. The molecule has 106 valence electrons. The van der Waals surface area contributed by atoms with Gasteiger partial charge in [-0.05, 0) is 25.0 Å². The number of nitrogens with zero attached hydrogens (tertiary/aromatic N) is 2. The van der Waals surface area contributed by atoms with Crippen LogP contribution in [0.2, 0.25) is 0 Å². The molecule has 0 amide bonds. The summed E-state index contributed by atoms with van der Waals surface area (Å²) in [7, 11) is 0. The van der Waals surface area contributed by atoms with Crippen LogP contribution in [-0.4, -0.2) is 18.0 Å². The van der Waals surface area contributed by atoms with E-state index in [1.165, 1.54) is 0 Å². The highest BCUT2D eigenvalue weighted by Gasteiger charge is 2.23. The number of benzene rings is 1. The number of rotatable bonds is 7. The number of para-hydroxylation sites is 1. The zero-order valence-electron chi connectivity index (χ0n) is 11.7. The Hall–Kier alpha value is -1.82. The third-order valence-electron chi connectivity index (χ3n) is 3.30. The van der Waals surface area contributed by atoms with Crippen molar-refractivity contribution >= 4 is 17.1 Å². The fourth-order valence-corrected chi connectivity index (χ4v) is 2.00. The molecule has 0 aliphatic carbocycles. The Bertz CT molecular complexity index is 437. The van der Waals surface area contributed by atoms with Crippen molar-refractivity contribution in [1.29, 1.82) is 0 Å². The van der Waals surface area contributed by atoms with Gasteiger partial charge in [-0.25, -0.2) is 0 Å². The smallest absolute Gasteiger partial charge is 0.316 e. The van der Waals surface area contributed by atoms with Gasteiger partial charge in [0.1, 0.15) is 11.4 Å². The summed E-state index contributed by atoms with van der Waals surface area (Å²) in [5.74, 6) is 5.83. The molecule has 0 aliphatic heterocycles. The molecule has 0 radical (unpaired) electrons. The second-order valence-corrected chi connectivity index (χ2v) is 4.63. The first-order valence-corrected chi connectivity index (χ1v) is 6.54. The van der Waals surface area contributed by atoms with Crippen molar-refractivity contribution in [3.05, 3.63) is 28.3 Å². The maximum atomic E-state index is 11.3. The van der Waals surface area contributed by atoms with E-state index in [-0.39, 0.29) is 10.6 Å². The maximum Gasteiger partial charge on any atom is 0.316 e. The number of hydrogen-bond acceptors (Lipinski definition) is 5. The van der Waals surface area contributed by atoms with Crippen LogP contribution in [0.3, 0.4) is 0 Å². The highest BCUT2D eigenvalue weighted by atomic mass is 16.6. The number of hydrazine groups is 1. The van der Waals surface area contributed by atoms with Crippen LogP contribution >= 0.6 is 0 Å². The monoisotopic (exact) mass is 266 g/mol. The van der Waals surface area contributed by atoms with Crippen LogP contribution in [0, 0.1) is 16.0 Å². The lowest BCUT2D eigenvalue weighted by molar-refractivity contribution is -0.383. The van der Waals surface area contributed by atoms with Crippen molar-refractivity contribution in [1.82, 2.24) is 0 Å². The average Bonchev–Trinajstić information content (AvgIpc) is 2.43. The molecule has 0 fully saturated rings. The van der Waals surface area contributed by atoms with Crippen LogP contribution in [0.5, 0.6) is 0 Å². The van der Waals surface area contributed by atoms with Crippen LogP contribution in [0.4, 0.5) is 17.1 Å². The van der Waals surface area contributed by atoms with E-state index in [4.69, 9.17) is 5.84 Å². The Balaban J connectivity index is 3.19. The summed E-state index contributed by atoms with van der Waals surface area (Å²) in [5.41, 5.74) is 3.38. The summed E-state index contributed by atoms with van der Waals surface area (Å²) in [6.07, 6.45) is 1.04. The molecular weight excluding hydrogens is 244 g/mol. The van der Waals surface area contributed by atoms with Gasteiger partial charge >= 0.3 is 5.69 Å². The van der Waals surface area contributed by atoms with E-state index < -0.39 is 0 Å². The lowest BCUT2D eigenvalue weighted by Gasteiger charge is -2.26. The number of nitro benzene ring substituents is 1. The van der Waals surface area contributed by atoms with E-state index in [0.717, 1.165) is 19.5 Å². The van der Waals surface area contributed by atoms with Crippen LogP contribution in [-0.2, 0) is 0 Å². The number of anilines is 2. The van der Waals surface area contributed by atoms with E-state index in [9.17, 15) is 10.1 Å². The molecule has 0 saturated carbocycles. The van der Waals surface area contributed by atoms with Gasteiger partial charge in [0.15, 0.2) is 0 Å². The third-order valence-corrected chi connectivity index (χ3v) is 3.30. The molecule has 0 aliphatic rings. The zero-order valence-corrected chi connectivity index (χ0v) is 11.7. The minimum atomic E-state index is -0.385. The van der Waals surface area contributed by atoms with E-state index in [1.807, 2.05) is 11.8 Å². The molecule has 19 heavy (non-hydrogen) atoms. The molecular formula is C13H22N4O2. The Morgan fingerprint density at radius 2 is 2.16 bits per heavy atom. The van der Waals surface area contributed by atoms with Crippen LogP contribution in [0.25, 0.3) is 0 Å². The van der Waals surface area contributed by atoms with E-state index in [1.54, 1.807) is 18.2 Å². The van der Waals surface area contributed by atoms with Crippen molar-refractivity contribution < 1.29 is 4.92 Å². The first-order valence-electron chi connectivity index (χ1n) is 6.54. The second-order valence-electron chi connectivity index (χ2n) is 4.63. The van der Waals surface area contributed by atoms with Gasteiger partial charge in [-0.1, -0.05) is 26.3 Å². The number of hydrogen-bond donors (Lipinski definition) is 2. The van der Waals surface area contributed by atoms with Crippen molar-refractivity contribution in [2.45, 2.75) is 27.2 Å². The van der Waals surface area contributed by atoms with E-state index >= 15 is 0 Å². The predicted octanol–water partition coefficient (Wildman–Crippen LogP) is 2.75. The molecule has 6 nitrogen and oxygen atoms in total. The molecule has 1 aromatic rings. The largest absolute Gasteiger partial charge is 0.366 e. The molecule has 6 heteroatoms. The van der Waals surface area contributed by atoms with Crippen molar-refractivity contribution in [2.24, 2.45) is 11.8 Å². The van der Waals surface area contributed by atoms with Gasteiger partial charge in [-0.3, -0.25) is 16.0 Å². The highest BCUT2D eigenvalue weighted by Crippen LogP contribution is 2.35. The lowest BCUT2D eigenvalue weighted by Crippen LogP contribution is -2.29. The van der Waals surface area contributed by atoms with Gasteiger partial charge in [0, 0.05) is 13.1 Å². The third kappa shape index (κ3) is 3.57. The molecule has 1 atom stereocenters. The van der Waals surface area contributed by atoms with Crippen molar-refractivity contribution in [3.63, 3.8) is 0 Å². The molecule has 1 unspecified atom stereocenters. The quantitative estimate of drug-likeness (QED) is 0.450. The molecule has 0 heterocycles. The number of nitro groups is 1. The topological polar surface area (TPSA) is 84.4 Å². The predicted molar refractivity (Wildman–Crippen MR) is 78.2 cm³/mol. The summed E-state index contributed by atoms with van der Waals surface area (Å²) in [6, 6.07) is 5.15. The Kier molecular flexibility index (Phi) is 5.57. The van der Waals surface area contributed by atoms with Crippen molar-refractivity contribution in [2.75, 3.05) is 23.4 Å². The summed E-state index contributed by atoms with van der Waals surface area (Å²) in [4.78, 5) is 12.9. The Labute approximate surface area is 113 Å². The van der Waals surface area contributed by atoms with Gasteiger partial charge in [0.25, 0.3) is 0 Å². The standard InChI is InChI=1S/C13H22N4O2/c1-4-10(3)9-16(5-2)12-8-6-7-11(15-14)13(12)17(18)19/h6-8,10,15H,4-5,9,14H2,1-3H3. The number of nitrogen functional groups attached to an aromatic ring is 1. The highest BCUT2D eigenvalue weighted by molar-refractivity contribution is 5.76. The van der Waals surface area contributed by atoms with E-state index in [0.29, 0.717) is 17.3 Å². The molecule has 0 aromatic heterocycles. The Morgan fingerprint density at radius 3 is 2.63 bits per heavy atom. The van der Waals surface area contributed by atoms with Gasteiger partial charge < -0.3 is 10.3 Å². The normalized spacial score (nSPS) is 12.0. The van der Waals surface area contributed by atoms with Gasteiger partial charge in [-0.15, -0.1) is 0 Å². The van der Waals surface area contributed by atoms with Crippen LogP contribution < -0.4 is 16.2 Å². The van der Waals surface area contributed by atoms with Gasteiger partial charge in [0.2, 0.25) is 0 Å². The summed E-state index contributed by atoms with van der Waals surface area (Å²) in [5, 5.41) is 11.3. The second kappa shape index (κ2) is 6.94. The average molecular weight is 266 g/mol.